The van der Waals surface area contributed by atoms with E-state index in [1.807, 2.05) is 17.7 Å². The molecule has 0 atom stereocenters. The Morgan fingerprint density at radius 2 is 1.96 bits per heavy atom. The van der Waals surface area contributed by atoms with Crippen LogP contribution >= 0.6 is 23.2 Å². The van der Waals surface area contributed by atoms with Gasteiger partial charge in [-0.05, 0) is 24.6 Å². The Bertz CT molecular complexity index is 1370. The number of aryl methyl sites for hydroxylation is 2. The van der Waals surface area contributed by atoms with Gasteiger partial charge in [-0.1, -0.05) is 35.3 Å². The Morgan fingerprint density at radius 1 is 1.21 bits per heavy atom. The van der Waals surface area contributed by atoms with Gasteiger partial charge in [0.15, 0.2) is 11.2 Å². The molecule has 0 bridgehead atoms. The normalized spacial score (nSPS) is 11.6. The number of rotatable bonds is 4. The van der Waals surface area contributed by atoms with Gasteiger partial charge in [0.05, 0.1) is 6.54 Å². The second-order valence-corrected chi connectivity index (χ2v) is 7.44. The molecule has 0 fully saturated rings. The summed E-state index contributed by atoms with van der Waals surface area (Å²) in [7, 11) is 1.60. The van der Waals surface area contributed by atoms with Gasteiger partial charge in [-0.15, -0.1) is 6.58 Å². The van der Waals surface area contributed by atoms with E-state index in [9.17, 15) is 9.59 Å². The molecule has 4 aromatic rings. The number of allylic oxidation sites excluding steroid dienone is 1. The lowest BCUT2D eigenvalue weighted by molar-refractivity contribution is 0.656. The van der Waals surface area contributed by atoms with Crippen LogP contribution in [-0.4, -0.2) is 23.1 Å². The van der Waals surface area contributed by atoms with E-state index < -0.39 is 11.2 Å². The highest BCUT2D eigenvalue weighted by molar-refractivity contribution is 6.35. The van der Waals surface area contributed by atoms with Crippen molar-refractivity contribution in [2.75, 3.05) is 0 Å². The molecule has 0 spiro atoms. The number of imidazole rings is 2. The molecule has 1 aromatic carbocycles. The number of aromatic nitrogens is 5. The molecule has 4 rings (SSSR count). The van der Waals surface area contributed by atoms with E-state index in [1.54, 1.807) is 35.7 Å². The van der Waals surface area contributed by atoms with Crippen molar-refractivity contribution in [2.45, 2.75) is 20.0 Å². The highest BCUT2D eigenvalue weighted by Crippen LogP contribution is 2.21. The molecule has 0 aliphatic heterocycles. The van der Waals surface area contributed by atoms with Crippen molar-refractivity contribution in [3.05, 3.63) is 79.2 Å². The molecule has 144 valence electrons. The predicted octanol–water partition coefficient (Wildman–Crippen LogP) is 3.00. The molecule has 9 heteroatoms. The molecule has 0 saturated heterocycles. The third-order valence-corrected chi connectivity index (χ3v) is 5.38. The average molecular weight is 418 g/mol. The zero-order valence-electron chi connectivity index (χ0n) is 15.3. The van der Waals surface area contributed by atoms with Crippen molar-refractivity contribution < 1.29 is 0 Å². The maximum atomic E-state index is 13.2. The van der Waals surface area contributed by atoms with Gasteiger partial charge in [-0.25, -0.2) is 4.79 Å². The average Bonchev–Trinajstić information content (AvgIpc) is 3.15. The number of benzene rings is 1. The molecule has 0 saturated carbocycles. The van der Waals surface area contributed by atoms with E-state index in [0.717, 1.165) is 10.3 Å². The number of hydrogen-bond acceptors (Lipinski definition) is 3. The zero-order chi connectivity index (χ0) is 20.2. The van der Waals surface area contributed by atoms with E-state index in [0.29, 0.717) is 39.1 Å². The Morgan fingerprint density at radius 3 is 2.64 bits per heavy atom. The van der Waals surface area contributed by atoms with Crippen LogP contribution in [0.15, 0.2) is 46.6 Å². The quantitative estimate of drug-likeness (QED) is 0.479. The summed E-state index contributed by atoms with van der Waals surface area (Å²) in [6.45, 7) is 6.28. The molecule has 7 nitrogen and oxygen atoms in total. The van der Waals surface area contributed by atoms with E-state index in [4.69, 9.17) is 23.2 Å². The first-order valence-electron chi connectivity index (χ1n) is 8.56. The summed E-state index contributed by atoms with van der Waals surface area (Å²) in [5.74, 6) is 0.585. The third-order valence-electron chi connectivity index (χ3n) is 4.80. The van der Waals surface area contributed by atoms with Gasteiger partial charge < -0.3 is 4.57 Å². The summed E-state index contributed by atoms with van der Waals surface area (Å²) >= 11 is 12.2. The Hall–Kier alpha value is -2.77. The number of fused-ring (bicyclic) bond motifs is 3. The van der Waals surface area contributed by atoms with Crippen LogP contribution in [0.3, 0.4) is 0 Å². The van der Waals surface area contributed by atoms with Crippen molar-refractivity contribution in [2.24, 2.45) is 7.05 Å². The van der Waals surface area contributed by atoms with Crippen molar-refractivity contribution in [1.29, 1.82) is 0 Å². The molecule has 0 amide bonds. The molecule has 0 N–H and O–H groups in total. The van der Waals surface area contributed by atoms with Gasteiger partial charge in [0.25, 0.3) is 5.56 Å². The lowest BCUT2D eigenvalue weighted by Crippen LogP contribution is -2.39. The van der Waals surface area contributed by atoms with Gasteiger partial charge in [-0.3, -0.25) is 18.3 Å². The molecule has 0 unspecified atom stereocenters. The summed E-state index contributed by atoms with van der Waals surface area (Å²) < 4.78 is 6.18. The second kappa shape index (κ2) is 6.68. The first-order valence-corrected chi connectivity index (χ1v) is 9.31. The second-order valence-electron chi connectivity index (χ2n) is 6.59. The lowest BCUT2D eigenvalue weighted by atomic mass is 10.2. The lowest BCUT2D eigenvalue weighted by Gasteiger charge is -2.09. The standard InChI is InChI=1S/C19H17Cl2N5O2/c1-4-7-24-11(2)9-25-15-16(22-18(24)25)23(3)19(28)26(17(15)27)10-12-5-6-13(20)8-14(12)21/h4-6,8-9H,1,7,10H2,2-3H3. The van der Waals surface area contributed by atoms with Crippen LogP contribution in [-0.2, 0) is 20.1 Å². The molecule has 0 aliphatic carbocycles. The van der Waals surface area contributed by atoms with E-state index in [1.165, 1.54) is 4.57 Å². The van der Waals surface area contributed by atoms with Crippen molar-refractivity contribution in [1.82, 2.24) is 23.1 Å². The minimum absolute atomic E-state index is 0.0387. The van der Waals surface area contributed by atoms with Crippen LogP contribution in [0, 0.1) is 6.92 Å². The molecular formula is C19H17Cl2N5O2. The zero-order valence-corrected chi connectivity index (χ0v) is 16.8. The molecule has 3 heterocycles. The monoisotopic (exact) mass is 417 g/mol. The van der Waals surface area contributed by atoms with Gasteiger partial charge in [0.1, 0.15) is 0 Å². The van der Waals surface area contributed by atoms with Crippen LogP contribution in [0.2, 0.25) is 10.0 Å². The van der Waals surface area contributed by atoms with E-state index in [2.05, 4.69) is 11.6 Å². The van der Waals surface area contributed by atoms with Crippen LogP contribution in [0.5, 0.6) is 0 Å². The summed E-state index contributed by atoms with van der Waals surface area (Å²) in [5.41, 5.74) is 1.36. The van der Waals surface area contributed by atoms with Crippen molar-refractivity contribution in [3.8, 4) is 0 Å². The fourth-order valence-electron chi connectivity index (χ4n) is 3.37. The van der Waals surface area contributed by atoms with Crippen LogP contribution in [0.4, 0.5) is 0 Å². The van der Waals surface area contributed by atoms with Gasteiger partial charge >= 0.3 is 5.69 Å². The SMILES string of the molecule is C=CCn1c(C)cn2c3c(=O)n(Cc4ccc(Cl)cc4Cl)c(=O)n(C)c3nc12. The summed E-state index contributed by atoms with van der Waals surface area (Å²) in [6, 6.07) is 4.96. The van der Waals surface area contributed by atoms with E-state index >= 15 is 0 Å². The molecule has 28 heavy (non-hydrogen) atoms. The number of hydrogen-bond donors (Lipinski definition) is 0. The first kappa shape index (κ1) is 18.6. The van der Waals surface area contributed by atoms with Crippen LogP contribution in [0.25, 0.3) is 16.9 Å². The maximum absolute atomic E-state index is 13.2. The molecule has 0 radical (unpaired) electrons. The fraction of sp³-hybridized carbons (Fsp3) is 0.211. The van der Waals surface area contributed by atoms with Crippen LogP contribution < -0.4 is 11.2 Å². The Balaban J connectivity index is 2.01. The largest absolute Gasteiger partial charge is 0.332 e. The van der Waals surface area contributed by atoms with Gasteiger partial charge in [0.2, 0.25) is 5.78 Å². The number of nitrogens with zero attached hydrogens (tertiary/aromatic N) is 5. The molecular weight excluding hydrogens is 401 g/mol. The van der Waals surface area contributed by atoms with E-state index in [-0.39, 0.29) is 6.54 Å². The maximum Gasteiger partial charge on any atom is 0.332 e. The van der Waals surface area contributed by atoms with Crippen LogP contribution in [0.1, 0.15) is 11.3 Å². The molecule has 0 aliphatic rings. The topological polar surface area (TPSA) is 66.2 Å². The smallest absolute Gasteiger partial charge is 0.310 e. The van der Waals surface area contributed by atoms with Crippen molar-refractivity contribution in [3.63, 3.8) is 0 Å². The van der Waals surface area contributed by atoms with Crippen molar-refractivity contribution >= 4 is 40.1 Å². The molecule has 3 aromatic heterocycles. The fourth-order valence-corrected chi connectivity index (χ4v) is 3.84. The highest BCUT2D eigenvalue weighted by Gasteiger charge is 2.20. The summed E-state index contributed by atoms with van der Waals surface area (Å²) in [6.07, 6.45) is 3.59. The summed E-state index contributed by atoms with van der Waals surface area (Å²) in [4.78, 5) is 30.6. The van der Waals surface area contributed by atoms with Gasteiger partial charge in [-0.2, -0.15) is 4.98 Å². The number of halogens is 2. The predicted molar refractivity (Wildman–Crippen MR) is 111 cm³/mol. The first-order chi connectivity index (χ1) is 13.3. The minimum Gasteiger partial charge on any atom is -0.310 e. The Kier molecular flexibility index (Phi) is 4.44. The minimum atomic E-state index is -0.462. The highest BCUT2D eigenvalue weighted by atomic mass is 35.5. The third kappa shape index (κ3) is 2.70. The van der Waals surface area contributed by atoms with Gasteiger partial charge in [0, 0.05) is 35.5 Å². The summed E-state index contributed by atoms with van der Waals surface area (Å²) in [5, 5.41) is 0.883. The Labute approximate surface area is 169 Å².